The van der Waals surface area contributed by atoms with Crippen molar-refractivity contribution in [3.05, 3.63) is 54.0 Å². The molecule has 20 heavy (non-hydrogen) atoms. The minimum atomic E-state index is -0.194. The van der Waals surface area contributed by atoms with Gasteiger partial charge >= 0.3 is 0 Å². The molecule has 0 bridgehead atoms. The van der Waals surface area contributed by atoms with Crippen molar-refractivity contribution in [3.63, 3.8) is 0 Å². The number of hydrogen-bond acceptors (Lipinski definition) is 6. The highest BCUT2D eigenvalue weighted by molar-refractivity contribution is 6.04. The predicted molar refractivity (Wildman–Crippen MR) is 76.3 cm³/mol. The Balaban J connectivity index is 2.07. The highest BCUT2D eigenvalue weighted by Crippen LogP contribution is 2.06. The van der Waals surface area contributed by atoms with Gasteiger partial charge in [-0.25, -0.2) is 4.98 Å². The number of aromatic nitrogens is 4. The fourth-order valence-electron chi connectivity index (χ4n) is 1.45. The molecule has 0 aromatic carbocycles. The lowest BCUT2D eigenvalue weighted by Gasteiger charge is -1.96. The molecular formula is C14H13N5O. The quantitative estimate of drug-likeness (QED) is 0.842. The van der Waals surface area contributed by atoms with Gasteiger partial charge in [-0.15, -0.1) is 0 Å². The molecule has 0 amide bonds. The first-order valence-electron chi connectivity index (χ1n) is 5.91. The largest absolute Gasteiger partial charge is 0.382 e. The molecule has 0 fully saturated rings. The third-order valence-corrected chi connectivity index (χ3v) is 2.49. The van der Waals surface area contributed by atoms with E-state index in [-0.39, 0.29) is 11.6 Å². The van der Waals surface area contributed by atoms with Crippen LogP contribution in [0.5, 0.6) is 0 Å². The molecule has 6 nitrogen and oxygen atoms in total. The zero-order valence-corrected chi connectivity index (χ0v) is 10.9. The average Bonchev–Trinajstić information content (AvgIpc) is 2.45. The minimum Gasteiger partial charge on any atom is -0.382 e. The number of carbonyl (C=O) groups is 1. The fraction of sp³-hybridized carbons (Fsp3) is 0.0714. The second-order valence-corrected chi connectivity index (χ2v) is 3.92. The normalized spacial score (nSPS) is 11.2. The van der Waals surface area contributed by atoms with E-state index in [4.69, 9.17) is 5.73 Å². The molecule has 0 saturated carbocycles. The number of nitrogens with two attached hydrogens (primary N) is 1. The maximum atomic E-state index is 11.7. The molecule has 2 aromatic rings. The first-order chi connectivity index (χ1) is 9.66. The lowest BCUT2D eigenvalue weighted by Crippen LogP contribution is -1.96. The van der Waals surface area contributed by atoms with E-state index in [1.807, 2.05) is 6.92 Å². The van der Waals surface area contributed by atoms with Crippen molar-refractivity contribution >= 4 is 23.8 Å². The molecule has 2 heterocycles. The Bertz CT molecular complexity index is 621. The van der Waals surface area contributed by atoms with E-state index < -0.39 is 0 Å². The van der Waals surface area contributed by atoms with E-state index in [9.17, 15) is 4.79 Å². The van der Waals surface area contributed by atoms with Crippen LogP contribution in [0.2, 0.25) is 0 Å². The summed E-state index contributed by atoms with van der Waals surface area (Å²) in [4.78, 5) is 27.8. The maximum Gasteiger partial charge on any atom is 0.178 e. The number of hydrogen-bond donors (Lipinski definition) is 1. The van der Waals surface area contributed by atoms with Gasteiger partial charge in [-0.3, -0.25) is 19.7 Å². The first-order valence-corrected chi connectivity index (χ1v) is 5.91. The van der Waals surface area contributed by atoms with Gasteiger partial charge in [0, 0.05) is 24.8 Å². The minimum absolute atomic E-state index is 0.194. The zero-order chi connectivity index (χ0) is 14.4. The van der Waals surface area contributed by atoms with E-state index in [1.165, 1.54) is 30.6 Å². The molecule has 0 aliphatic carbocycles. The van der Waals surface area contributed by atoms with Crippen molar-refractivity contribution < 1.29 is 4.79 Å². The number of ketones is 1. The van der Waals surface area contributed by atoms with Gasteiger partial charge in [0.2, 0.25) is 0 Å². The second kappa shape index (κ2) is 6.33. The van der Waals surface area contributed by atoms with Crippen molar-refractivity contribution in [2.75, 3.05) is 5.73 Å². The van der Waals surface area contributed by atoms with Crippen LogP contribution >= 0.6 is 0 Å². The van der Waals surface area contributed by atoms with Crippen LogP contribution in [-0.4, -0.2) is 25.7 Å². The van der Waals surface area contributed by atoms with Gasteiger partial charge in [-0.05, 0) is 31.2 Å². The smallest absolute Gasteiger partial charge is 0.178 e. The third-order valence-electron chi connectivity index (χ3n) is 2.49. The van der Waals surface area contributed by atoms with Crippen LogP contribution in [0.15, 0.2) is 36.9 Å². The second-order valence-electron chi connectivity index (χ2n) is 3.92. The van der Waals surface area contributed by atoms with Crippen molar-refractivity contribution in [1.29, 1.82) is 0 Å². The Kier molecular flexibility index (Phi) is 4.28. The summed E-state index contributed by atoms with van der Waals surface area (Å²) < 4.78 is 0. The molecule has 0 atom stereocenters. The summed E-state index contributed by atoms with van der Waals surface area (Å²) >= 11 is 0. The van der Waals surface area contributed by atoms with Crippen LogP contribution in [0.1, 0.15) is 17.1 Å². The van der Waals surface area contributed by atoms with Crippen molar-refractivity contribution in [2.45, 2.75) is 6.92 Å². The summed E-state index contributed by atoms with van der Waals surface area (Å²) in [6.07, 6.45) is 12.1. The van der Waals surface area contributed by atoms with Crippen LogP contribution in [0.3, 0.4) is 0 Å². The molecule has 6 heteroatoms. The average molecular weight is 267 g/mol. The summed E-state index contributed by atoms with van der Waals surface area (Å²) in [5.74, 6) is 0.0883. The Morgan fingerprint density at radius 1 is 0.950 bits per heavy atom. The first kappa shape index (κ1) is 13.5. The summed E-state index contributed by atoms with van der Waals surface area (Å²) in [5.41, 5.74) is 7.51. The van der Waals surface area contributed by atoms with Gasteiger partial charge in [0.05, 0.1) is 11.4 Å². The molecule has 0 saturated heterocycles. The number of nitrogen functional groups attached to an aromatic ring is 1. The van der Waals surface area contributed by atoms with Crippen molar-refractivity contribution in [3.8, 4) is 0 Å². The van der Waals surface area contributed by atoms with Gasteiger partial charge in [-0.2, -0.15) is 0 Å². The van der Waals surface area contributed by atoms with Crippen LogP contribution in [0.25, 0.3) is 12.2 Å². The number of allylic oxidation sites excluding steroid dienone is 2. The van der Waals surface area contributed by atoms with E-state index in [0.29, 0.717) is 11.4 Å². The van der Waals surface area contributed by atoms with Gasteiger partial charge in [-0.1, -0.05) is 0 Å². The maximum absolute atomic E-state index is 11.7. The number of aryl methyl sites for hydroxylation is 1. The van der Waals surface area contributed by atoms with E-state index in [0.717, 1.165) is 5.69 Å². The Morgan fingerprint density at radius 2 is 1.50 bits per heavy atom. The van der Waals surface area contributed by atoms with Gasteiger partial charge in [0.1, 0.15) is 11.5 Å². The topological polar surface area (TPSA) is 94.6 Å². The molecule has 2 aromatic heterocycles. The van der Waals surface area contributed by atoms with Crippen LogP contribution in [0, 0.1) is 6.92 Å². The summed E-state index contributed by atoms with van der Waals surface area (Å²) in [6.45, 7) is 1.83. The summed E-state index contributed by atoms with van der Waals surface area (Å²) in [7, 11) is 0. The van der Waals surface area contributed by atoms with Crippen LogP contribution in [-0.2, 0) is 4.79 Å². The molecular weight excluding hydrogens is 254 g/mol. The van der Waals surface area contributed by atoms with Crippen molar-refractivity contribution in [2.24, 2.45) is 0 Å². The SMILES string of the molecule is Cc1nccnc1/C=C/C(=O)/C=C/c1nccnc1N. The molecule has 100 valence electrons. The molecule has 2 N–H and O–H groups in total. The van der Waals surface area contributed by atoms with Gasteiger partial charge in [0.25, 0.3) is 0 Å². The number of anilines is 1. The monoisotopic (exact) mass is 267 g/mol. The standard InChI is InChI=1S/C14H13N5O/c1-10-12(17-7-6-16-10)4-2-11(20)3-5-13-14(15)19-9-8-18-13/h2-9H,1H3,(H2,15,19)/b4-2+,5-3+. The fourth-order valence-corrected chi connectivity index (χ4v) is 1.45. The molecule has 0 unspecified atom stereocenters. The lowest BCUT2D eigenvalue weighted by molar-refractivity contribution is -0.110. The Hall–Kier alpha value is -2.89. The highest BCUT2D eigenvalue weighted by Gasteiger charge is 1.98. The molecule has 0 aliphatic heterocycles. The molecule has 2 rings (SSSR count). The van der Waals surface area contributed by atoms with E-state index in [2.05, 4.69) is 19.9 Å². The van der Waals surface area contributed by atoms with Crippen molar-refractivity contribution in [1.82, 2.24) is 19.9 Å². The lowest BCUT2D eigenvalue weighted by atomic mass is 10.2. The summed E-state index contributed by atoms with van der Waals surface area (Å²) in [6, 6.07) is 0. The zero-order valence-electron chi connectivity index (χ0n) is 10.9. The predicted octanol–water partition coefficient (Wildman–Crippen LogP) is 1.45. The van der Waals surface area contributed by atoms with Gasteiger partial charge in [0.15, 0.2) is 5.78 Å². The molecule has 0 radical (unpaired) electrons. The van der Waals surface area contributed by atoms with Crippen LogP contribution in [0.4, 0.5) is 5.82 Å². The Labute approximate surface area is 116 Å². The molecule has 0 aliphatic rings. The van der Waals surface area contributed by atoms with E-state index in [1.54, 1.807) is 18.5 Å². The number of nitrogens with zero attached hydrogens (tertiary/aromatic N) is 4. The highest BCUT2D eigenvalue weighted by atomic mass is 16.1. The van der Waals surface area contributed by atoms with E-state index >= 15 is 0 Å². The third kappa shape index (κ3) is 3.55. The number of carbonyl (C=O) groups excluding carboxylic acids is 1. The Morgan fingerprint density at radius 3 is 2.15 bits per heavy atom. The number of rotatable bonds is 4. The summed E-state index contributed by atoms with van der Waals surface area (Å²) in [5, 5.41) is 0. The molecule has 0 spiro atoms. The van der Waals surface area contributed by atoms with Gasteiger partial charge < -0.3 is 5.73 Å². The van der Waals surface area contributed by atoms with Crippen LogP contribution < -0.4 is 5.73 Å².